The Morgan fingerprint density at radius 2 is 1.21 bits per heavy atom. The van der Waals surface area contributed by atoms with Crippen LogP contribution in [0.1, 0.15) is 98.3 Å². The molecule has 0 aliphatic carbocycles. The van der Waals surface area contributed by atoms with Gasteiger partial charge in [0.2, 0.25) is 0 Å². The fraction of sp³-hybridized carbons (Fsp3) is 0.818. The van der Waals surface area contributed by atoms with E-state index in [1.165, 1.54) is 70.6 Å². The molecule has 0 atom stereocenters. The van der Waals surface area contributed by atoms with Gasteiger partial charge in [-0.05, 0) is 0 Å². The van der Waals surface area contributed by atoms with E-state index < -0.39 is 18.4 Å². The third-order valence-electron chi connectivity index (χ3n) is 5.30. The zero-order valence-electron chi connectivity index (χ0n) is 17.0. The van der Waals surface area contributed by atoms with Gasteiger partial charge < -0.3 is 0 Å². The predicted octanol–water partition coefficient (Wildman–Crippen LogP) is 9.22. The minimum absolute atomic E-state index is 1.32. The molecule has 0 unspecified atom stereocenters. The molecule has 0 heterocycles. The van der Waals surface area contributed by atoms with Crippen LogP contribution in [0.3, 0.4) is 0 Å². The van der Waals surface area contributed by atoms with Gasteiger partial charge in [-0.2, -0.15) is 0 Å². The van der Waals surface area contributed by atoms with Crippen molar-refractivity contribution in [2.24, 2.45) is 0 Å². The van der Waals surface area contributed by atoms with Gasteiger partial charge in [0.05, 0.1) is 0 Å². The second kappa shape index (κ2) is 17.4. The zero-order valence-corrected chi connectivity index (χ0v) is 22.0. The number of halogens is 1. The maximum absolute atomic E-state index is 2.70. The van der Waals surface area contributed by atoms with Crippen molar-refractivity contribution >= 4 is 41.0 Å². The van der Waals surface area contributed by atoms with E-state index in [2.05, 4.69) is 66.5 Å². The standard InChI is InChI=1S/C10H16I.3C4H9.Sn/c1-2-3-4-5-6-7-8-9-10-11;3*1-3-4-2;/h7,9-10H,2-6H2,1H3;3*1,3-4H2,2H3;/b8-7?,10-9+;;;;. The Kier molecular flexibility index (Phi) is 18.2. The third kappa shape index (κ3) is 10.9. The van der Waals surface area contributed by atoms with E-state index in [0.29, 0.717) is 0 Å². The molecular weight excluding hydrogens is 510 g/mol. The van der Waals surface area contributed by atoms with E-state index in [0.717, 1.165) is 0 Å². The van der Waals surface area contributed by atoms with E-state index in [4.69, 9.17) is 0 Å². The van der Waals surface area contributed by atoms with Crippen LogP contribution in [0.15, 0.2) is 19.8 Å². The second-order valence-electron chi connectivity index (χ2n) is 7.39. The van der Waals surface area contributed by atoms with E-state index in [-0.39, 0.29) is 0 Å². The number of hydrogen-bond donors (Lipinski definition) is 0. The third-order valence-corrected chi connectivity index (χ3v) is 21.4. The van der Waals surface area contributed by atoms with Crippen LogP contribution in [0.4, 0.5) is 0 Å². The Bertz CT molecular complexity index is 311. The summed E-state index contributed by atoms with van der Waals surface area (Å²) >= 11 is 0.240. The molecule has 0 spiro atoms. The topological polar surface area (TPSA) is 0 Å². The van der Waals surface area contributed by atoms with Crippen molar-refractivity contribution in [2.45, 2.75) is 112 Å². The van der Waals surface area contributed by atoms with Crippen molar-refractivity contribution in [3.63, 3.8) is 0 Å². The van der Waals surface area contributed by atoms with Gasteiger partial charge in [-0.25, -0.2) is 0 Å². The summed E-state index contributed by atoms with van der Waals surface area (Å²) < 4.78 is 8.93. The first-order chi connectivity index (χ1) is 11.7. The molecular formula is C22H43ISn. The van der Waals surface area contributed by atoms with Gasteiger partial charge in [-0.15, -0.1) is 0 Å². The molecule has 0 radical (unpaired) electrons. The number of unbranched alkanes of at least 4 members (excludes halogenated alkanes) is 7. The van der Waals surface area contributed by atoms with Crippen LogP contribution >= 0.6 is 22.6 Å². The summed E-state index contributed by atoms with van der Waals surface area (Å²) in [4.78, 5) is 0. The van der Waals surface area contributed by atoms with Crippen molar-refractivity contribution in [1.29, 1.82) is 0 Å². The Balaban J connectivity index is 5.28. The number of rotatable bonds is 16. The average Bonchev–Trinajstić information content (AvgIpc) is 2.60. The summed E-state index contributed by atoms with van der Waals surface area (Å²) in [6, 6.07) is 0. The molecule has 0 N–H and O–H groups in total. The molecule has 0 saturated carbocycles. The summed E-state index contributed by atoms with van der Waals surface area (Å²) in [5, 5.41) is 0. The first kappa shape index (κ1) is 25.0. The Morgan fingerprint density at radius 1 is 0.708 bits per heavy atom. The molecule has 0 fully saturated rings. The normalized spacial score (nSPS) is 13.1. The number of allylic oxidation sites excluding steroid dienone is 3. The number of hydrogen-bond acceptors (Lipinski definition) is 0. The Hall–Kier alpha value is 1.01. The van der Waals surface area contributed by atoms with E-state index >= 15 is 0 Å². The van der Waals surface area contributed by atoms with Gasteiger partial charge >= 0.3 is 172 Å². The molecule has 0 aliphatic rings. The minimum atomic E-state index is -2.20. The van der Waals surface area contributed by atoms with Gasteiger partial charge in [-0.1, -0.05) is 0 Å². The first-order valence-corrected chi connectivity index (χ1v) is 19.4. The Morgan fingerprint density at radius 3 is 1.62 bits per heavy atom. The predicted molar refractivity (Wildman–Crippen MR) is 125 cm³/mol. The molecule has 0 bridgehead atoms. The fourth-order valence-corrected chi connectivity index (χ4v) is 21.4. The average molecular weight is 553 g/mol. The second-order valence-corrected chi connectivity index (χ2v) is 21.3. The zero-order chi connectivity index (χ0) is 18.1. The molecule has 0 amide bonds. The van der Waals surface area contributed by atoms with E-state index in [1.54, 1.807) is 13.3 Å². The van der Waals surface area contributed by atoms with Crippen LogP contribution in [-0.4, -0.2) is 18.4 Å². The van der Waals surface area contributed by atoms with Gasteiger partial charge in [0.25, 0.3) is 0 Å². The summed E-state index contributed by atoms with van der Waals surface area (Å²) in [5.41, 5.74) is 0. The summed E-state index contributed by atoms with van der Waals surface area (Å²) in [7, 11) is 0. The van der Waals surface area contributed by atoms with Crippen molar-refractivity contribution in [3.8, 4) is 0 Å². The van der Waals surface area contributed by atoms with Crippen molar-refractivity contribution in [2.75, 3.05) is 0 Å². The fourth-order valence-electron chi connectivity index (χ4n) is 3.71. The molecule has 0 aromatic heterocycles. The molecule has 24 heavy (non-hydrogen) atoms. The monoisotopic (exact) mass is 554 g/mol. The van der Waals surface area contributed by atoms with Gasteiger partial charge in [0, 0.05) is 0 Å². The molecule has 0 aromatic carbocycles. The van der Waals surface area contributed by atoms with Gasteiger partial charge in [-0.3, -0.25) is 0 Å². The summed E-state index contributed by atoms with van der Waals surface area (Å²) in [6.45, 7) is 9.43. The van der Waals surface area contributed by atoms with Crippen LogP contribution in [-0.2, 0) is 0 Å². The molecule has 0 saturated heterocycles. The van der Waals surface area contributed by atoms with Gasteiger partial charge in [0.1, 0.15) is 0 Å². The van der Waals surface area contributed by atoms with Crippen molar-refractivity contribution < 1.29 is 0 Å². The van der Waals surface area contributed by atoms with Crippen LogP contribution in [0.5, 0.6) is 0 Å². The van der Waals surface area contributed by atoms with E-state index in [9.17, 15) is 0 Å². The molecule has 0 nitrogen and oxygen atoms in total. The van der Waals surface area contributed by atoms with Crippen LogP contribution in [0.25, 0.3) is 0 Å². The van der Waals surface area contributed by atoms with Gasteiger partial charge in [0.15, 0.2) is 0 Å². The molecule has 0 rings (SSSR count). The molecule has 2 heteroatoms. The summed E-state index contributed by atoms with van der Waals surface area (Å²) in [6.07, 6.45) is 20.6. The van der Waals surface area contributed by atoms with Crippen LogP contribution < -0.4 is 0 Å². The summed E-state index contributed by atoms with van der Waals surface area (Å²) in [5.74, 6) is 0. The molecule has 0 aliphatic heterocycles. The molecule has 142 valence electrons. The quantitative estimate of drug-likeness (QED) is 0.0774. The Labute approximate surface area is 171 Å². The van der Waals surface area contributed by atoms with Crippen molar-refractivity contribution in [1.82, 2.24) is 0 Å². The first-order valence-electron chi connectivity index (χ1n) is 10.7. The van der Waals surface area contributed by atoms with Crippen LogP contribution in [0.2, 0.25) is 13.3 Å². The maximum atomic E-state index is 2.70. The van der Waals surface area contributed by atoms with Crippen molar-refractivity contribution in [3.05, 3.63) is 19.8 Å². The SMILES string of the molecule is CCCCCC/C=[C](/C=C/I)[Sn]([CH2]CCC)([CH2]CCC)[CH2]CCC. The molecule has 0 aromatic rings. The van der Waals surface area contributed by atoms with Crippen LogP contribution in [0, 0.1) is 0 Å². The van der Waals surface area contributed by atoms with E-state index in [1.807, 2.05) is 3.59 Å².